The third-order valence-corrected chi connectivity index (χ3v) is 4.48. The third kappa shape index (κ3) is 2.87. The number of hydrogen-bond donors (Lipinski definition) is 1. The number of esters is 1. The summed E-state index contributed by atoms with van der Waals surface area (Å²) in [5.41, 5.74) is 3.17. The zero-order valence-corrected chi connectivity index (χ0v) is 13.8. The van der Waals surface area contributed by atoms with Gasteiger partial charge < -0.3 is 10.1 Å². The number of hydrogen-bond acceptors (Lipinski definition) is 3. The van der Waals surface area contributed by atoms with Crippen molar-refractivity contribution in [1.82, 2.24) is 0 Å². The summed E-state index contributed by atoms with van der Waals surface area (Å²) in [5.74, 6) is -0.754. The fraction of sp³-hybridized carbons (Fsp3) is 0.143. The van der Waals surface area contributed by atoms with Gasteiger partial charge in [0.15, 0.2) is 6.10 Å². The number of aryl methyl sites for hydroxylation is 1. The van der Waals surface area contributed by atoms with Crippen LogP contribution < -0.4 is 5.32 Å². The summed E-state index contributed by atoms with van der Waals surface area (Å²) >= 11 is 0. The van der Waals surface area contributed by atoms with Crippen molar-refractivity contribution in [3.63, 3.8) is 0 Å². The molecule has 4 heteroatoms. The van der Waals surface area contributed by atoms with Gasteiger partial charge in [-0.25, -0.2) is 4.79 Å². The lowest BCUT2D eigenvalue weighted by atomic mass is 9.96. The van der Waals surface area contributed by atoms with Crippen LogP contribution in [0.1, 0.15) is 21.5 Å². The second kappa shape index (κ2) is 6.06. The molecule has 0 saturated heterocycles. The van der Waals surface area contributed by atoms with Gasteiger partial charge >= 0.3 is 5.97 Å². The first-order valence-electron chi connectivity index (χ1n) is 8.21. The van der Waals surface area contributed by atoms with Crippen molar-refractivity contribution in [2.75, 3.05) is 5.32 Å². The van der Waals surface area contributed by atoms with Crippen LogP contribution in [0.15, 0.2) is 60.7 Å². The maximum absolute atomic E-state index is 12.7. The van der Waals surface area contributed by atoms with Crippen molar-refractivity contribution in [3.8, 4) is 0 Å². The number of nitrogens with one attached hydrogen (secondary N) is 1. The van der Waals surface area contributed by atoms with Crippen molar-refractivity contribution in [1.29, 1.82) is 0 Å². The van der Waals surface area contributed by atoms with Crippen LogP contribution in [0.5, 0.6) is 0 Å². The van der Waals surface area contributed by atoms with E-state index in [4.69, 9.17) is 4.74 Å². The summed E-state index contributed by atoms with van der Waals surface area (Å²) in [7, 11) is 0. The minimum atomic E-state index is -0.819. The van der Waals surface area contributed by atoms with Crippen LogP contribution in [0.4, 0.5) is 5.69 Å². The van der Waals surface area contributed by atoms with Gasteiger partial charge in [-0.3, -0.25) is 4.79 Å². The Morgan fingerprint density at radius 3 is 2.76 bits per heavy atom. The molecule has 1 atom stereocenters. The van der Waals surface area contributed by atoms with Crippen LogP contribution in [0.3, 0.4) is 0 Å². The standard InChI is InChI=1S/C21H17NO3/c1-13-9-10-17-15(11-13)12-19(25-21(17)24)20(23)22-18-8-4-6-14-5-2-3-7-16(14)18/h2-11,19H,12H2,1H3,(H,22,23). The van der Waals surface area contributed by atoms with Gasteiger partial charge in [0, 0.05) is 17.5 Å². The first kappa shape index (κ1) is 15.4. The number of carbonyl (C=O) groups excluding carboxylic acids is 2. The highest BCUT2D eigenvalue weighted by molar-refractivity contribution is 6.05. The van der Waals surface area contributed by atoms with Crippen LogP contribution >= 0.6 is 0 Å². The van der Waals surface area contributed by atoms with E-state index in [2.05, 4.69) is 5.32 Å². The van der Waals surface area contributed by atoms with Crippen LogP contribution in [0, 0.1) is 6.92 Å². The van der Waals surface area contributed by atoms with E-state index in [0.717, 1.165) is 21.9 Å². The first-order valence-corrected chi connectivity index (χ1v) is 8.21. The molecule has 0 aromatic heterocycles. The number of benzene rings is 3. The van der Waals surface area contributed by atoms with Gasteiger partial charge in [0.25, 0.3) is 5.91 Å². The Hall–Kier alpha value is -3.14. The number of anilines is 1. The van der Waals surface area contributed by atoms with E-state index >= 15 is 0 Å². The Bertz CT molecular complexity index is 988. The zero-order chi connectivity index (χ0) is 17.4. The van der Waals surface area contributed by atoms with Crippen molar-refractivity contribution in [2.24, 2.45) is 0 Å². The fourth-order valence-electron chi connectivity index (χ4n) is 3.22. The van der Waals surface area contributed by atoms with Gasteiger partial charge in [0.2, 0.25) is 0 Å². The van der Waals surface area contributed by atoms with Crippen molar-refractivity contribution in [3.05, 3.63) is 77.4 Å². The summed E-state index contributed by atoms with van der Waals surface area (Å²) in [6, 6.07) is 19.1. The Labute approximate surface area is 145 Å². The van der Waals surface area contributed by atoms with Gasteiger partial charge in [0.1, 0.15) is 0 Å². The number of fused-ring (bicyclic) bond motifs is 2. The maximum Gasteiger partial charge on any atom is 0.339 e. The summed E-state index contributed by atoms with van der Waals surface area (Å²) < 4.78 is 5.35. The van der Waals surface area contributed by atoms with Gasteiger partial charge in [0.05, 0.1) is 5.56 Å². The van der Waals surface area contributed by atoms with E-state index in [9.17, 15) is 9.59 Å². The smallest absolute Gasteiger partial charge is 0.339 e. The molecule has 1 amide bonds. The predicted octanol–water partition coefficient (Wildman–Crippen LogP) is 3.87. The quantitative estimate of drug-likeness (QED) is 0.725. The molecule has 4 rings (SSSR count). The number of rotatable bonds is 2. The molecule has 1 unspecified atom stereocenters. The van der Waals surface area contributed by atoms with E-state index in [1.165, 1.54) is 0 Å². The highest BCUT2D eigenvalue weighted by Gasteiger charge is 2.31. The molecule has 1 heterocycles. The number of carbonyl (C=O) groups is 2. The molecular formula is C21H17NO3. The van der Waals surface area contributed by atoms with E-state index in [1.807, 2.05) is 61.5 Å². The lowest BCUT2D eigenvalue weighted by Crippen LogP contribution is -2.38. The molecule has 4 nitrogen and oxygen atoms in total. The molecule has 0 spiro atoms. The van der Waals surface area contributed by atoms with Crippen LogP contribution in [0.2, 0.25) is 0 Å². The van der Waals surface area contributed by atoms with E-state index < -0.39 is 12.1 Å². The summed E-state index contributed by atoms with van der Waals surface area (Å²) in [4.78, 5) is 24.8. The predicted molar refractivity (Wildman–Crippen MR) is 96.7 cm³/mol. The Morgan fingerprint density at radius 2 is 1.88 bits per heavy atom. The fourth-order valence-corrected chi connectivity index (χ4v) is 3.22. The molecular weight excluding hydrogens is 314 g/mol. The SMILES string of the molecule is Cc1ccc2c(c1)CC(C(=O)Nc1cccc3ccccc13)OC2=O. The monoisotopic (exact) mass is 331 g/mol. The zero-order valence-electron chi connectivity index (χ0n) is 13.8. The Kier molecular flexibility index (Phi) is 3.73. The molecule has 0 fully saturated rings. The lowest BCUT2D eigenvalue weighted by Gasteiger charge is -2.24. The third-order valence-electron chi connectivity index (χ3n) is 4.48. The van der Waals surface area contributed by atoms with Crippen LogP contribution in [-0.4, -0.2) is 18.0 Å². The average Bonchev–Trinajstić information content (AvgIpc) is 2.61. The van der Waals surface area contributed by atoms with Crippen LogP contribution in [0.25, 0.3) is 10.8 Å². The van der Waals surface area contributed by atoms with E-state index in [1.54, 1.807) is 6.07 Å². The van der Waals surface area contributed by atoms with Crippen molar-refractivity contribution < 1.29 is 14.3 Å². The molecule has 25 heavy (non-hydrogen) atoms. The van der Waals surface area contributed by atoms with Crippen LogP contribution in [-0.2, 0) is 16.0 Å². The molecule has 1 aliphatic heterocycles. The Morgan fingerprint density at radius 1 is 1.08 bits per heavy atom. The van der Waals surface area contributed by atoms with Gasteiger partial charge in [-0.15, -0.1) is 0 Å². The molecule has 0 aliphatic carbocycles. The second-order valence-corrected chi connectivity index (χ2v) is 6.27. The van der Waals surface area contributed by atoms with Crippen molar-refractivity contribution >= 4 is 28.3 Å². The Balaban J connectivity index is 1.60. The van der Waals surface area contributed by atoms with Gasteiger partial charge in [-0.1, -0.05) is 54.1 Å². The van der Waals surface area contributed by atoms with E-state index in [-0.39, 0.29) is 5.91 Å². The summed E-state index contributed by atoms with van der Waals surface area (Å²) in [6.07, 6.45) is -0.430. The molecule has 3 aromatic carbocycles. The number of cyclic esters (lactones) is 1. The lowest BCUT2D eigenvalue weighted by molar-refractivity contribution is -0.125. The normalized spacial score (nSPS) is 16.2. The van der Waals surface area contributed by atoms with Gasteiger partial charge in [-0.05, 0) is 30.0 Å². The molecule has 0 bridgehead atoms. The summed E-state index contributed by atoms with van der Waals surface area (Å²) in [6.45, 7) is 1.96. The molecule has 1 N–H and O–H groups in total. The molecule has 1 aliphatic rings. The molecule has 0 saturated carbocycles. The molecule has 124 valence electrons. The minimum Gasteiger partial charge on any atom is -0.448 e. The highest BCUT2D eigenvalue weighted by Crippen LogP contribution is 2.26. The molecule has 3 aromatic rings. The first-order chi connectivity index (χ1) is 12.1. The number of ether oxygens (including phenoxy) is 1. The minimum absolute atomic E-state index is 0.308. The summed E-state index contributed by atoms with van der Waals surface area (Å²) in [5, 5.41) is 4.90. The maximum atomic E-state index is 12.7. The average molecular weight is 331 g/mol. The van der Waals surface area contributed by atoms with Crippen molar-refractivity contribution in [2.45, 2.75) is 19.4 Å². The largest absolute Gasteiger partial charge is 0.448 e. The van der Waals surface area contributed by atoms with Gasteiger partial charge in [-0.2, -0.15) is 0 Å². The second-order valence-electron chi connectivity index (χ2n) is 6.27. The van der Waals surface area contributed by atoms with E-state index in [0.29, 0.717) is 17.7 Å². The number of amides is 1. The molecule has 0 radical (unpaired) electrons. The highest BCUT2D eigenvalue weighted by atomic mass is 16.5. The topological polar surface area (TPSA) is 55.4 Å².